The Labute approximate surface area is 107 Å². The maximum atomic E-state index is 11.7. The van der Waals surface area contributed by atoms with Gasteiger partial charge in [0, 0.05) is 4.91 Å². The molecule has 5 nitrogen and oxygen atoms in total. The summed E-state index contributed by atoms with van der Waals surface area (Å²) in [5.74, 6) is -0.680. The van der Waals surface area contributed by atoms with Crippen LogP contribution in [0.4, 0.5) is 11.4 Å². The third-order valence-corrected chi connectivity index (χ3v) is 3.29. The van der Waals surface area contributed by atoms with E-state index in [1.54, 1.807) is 24.3 Å². The lowest BCUT2D eigenvalue weighted by atomic mass is 10.2. The minimum absolute atomic E-state index is 0.268. The minimum atomic E-state index is -0.961. The second kappa shape index (κ2) is 4.45. The molecule has 0 radical (unpaired) electrons. The molecule has 1 aliphatic rings. The average Bonchev–Trinajstić information content (AvgIpc) is 2.91. The van der Waals surface area contributed by atoms with Crippen molar-refractivity contribution in [2.24, 2.45) is 11.0 Å². The highest BCUT2D eigenvalue weighted by molar-refractivity contribution is 6.52. The van der Waals surface area contributed by atoms with E-state index in [-0.39, 0.29) is 5.91 Å². The number of amides is 1. The Morgan fingerprint density at radius 2 is 2.18 bits per heavy atom. The van der Waals surface area contributed by atoms with Gasteiger partial charge in [0.2, 0.25) is 5.91 Å². The summed E-state index contributed by atoms with van der Waals surface area (Å²) in [4.78, 5) is 14.4. The number of carbonyl (C=O) groups is 1. The van der Waals surface area contributed by atoms with Crippen molar-refractivity contribution in [2.45, 2.75) is 10.8 Å². The van der Waals surface area contributed by atoms with Gasteiger partial charge in [-0.25, -0.2) is 0 Å². The van der Waals surface area contributed by atoms with Crippen LogP contribution in [0.15, 0.2) is 29.4 Å². The molecular formula is C10H8Cl2N4O. The van der Waals surface area contributed by atoms with Crippen molar-refractivity contribution >= 4 is 40.5 Å². The SMILES string of the molecule is [N-]=[N+]=Nc1ccccc1NC(=O)C1CC1(Cl)Cl. The highest BCUT2D eigenvalue weighted by Crippen LogP contribution is 2.53. The molecule has 0 spiro atoms. The zero-order valence-electron chi connectivity index (χ0n) is 8.60. The van der Waals surface area contributed by atoms with Gasteiger partial charge in [0.15, 0.2) is 0 Å². The number of nitrogens with zero attached hydrogens (tertiary/aromatic N) is 3. The largest absolute Gasteiger partial charge is 0.325 e. The molecule has 7 heteroatoms. The second-order valence-corrected chi connectivity index (χ2v) is 5.26. The number of anilines is 1. The molecule has 1 fully saturated rings. The van der Waals surface area contributed by atoms with Gasteiger partial charge in [-0.3, -0.25) is 4.79 Å². The Balaban J connectivity index is 2.14. The van der Waals surface area contributed by atoms with Crippen molar-refractivity contribution < 1.29 is 4.79 Å². The smallest absolute Gasteiger partial charge is 0.230 e. The molecule has 0 aromatic heterocycles. The Morgan fingerprint density at radius 1 is 1.53 bits per heavy atom. The number of hydrogen-bond donors (Lipinski definition) is 1. The number of halogens is 2. The van der Waals surface area contributed by atoms with E-state index in [9.17, 15) is 4.79 Å². The van der Waals surface area contributed by atoms with Crippen LogP contribution in [0.3, 0.4) is 0 Å². The summed E-state index contributed by atoms with van der Waals surface area (Å²) in [6.45, 7) is 0. The summed E-state index contributed by atoms with van der Waals surface area (Å²) in [5, 5.41) is 6.12. The highest BCUT2D eigenvalue weighted by Gasteiger charge is 2.56. The Kier molecular flexibility index (Phi) is 3.15. The number of azide groups is 1. The molecule has 1 atom stereocenters. The van der Waals surface area contributed by atoms with Gasteiger partial charge in [0.1, 0.15) is 4.33 Å². The van der Waals surface area contributed by atoms with Crippen LogP contribution in [0.2, 0.25) is 0 Å². The number of rotatable bonds is 3. The predicted octanol–water partition coefficient (Wildman–Crippen LogP) is 3.76. The number of hydrogen-bond acceptors (Lipinski definition) is 2. The van der Waals surface area contributed by atoms with E-state index in [4.69, 9.17) is 28.7 Å². The van der Waals surface area contributed by atoms with Gasteiger partial charge >= 0.3 is 0 Å². The molecule has 1 aliphatic carbocycles. The van der Waals surface area contributed by atoms with E-state index < -0.39 is 10.3 Å². The molecule has 1 aromatic rings. The molecule has 0 saturated heterocycles. The number of nitrogens with one attached hydrogen (secondary N) is 1. The first-order chi connectivity index (χ1) is 8.04. The molecule has 1 saturated carbocycles. The van der Waals surface area contributed by atoms with Crippen LogP contribution in [0.1, 0.15) is 6.42 Å². The third-order valence-electron chi connectivity index (χ3n) is 2.46. The number of alkyl halides is 2. The summed E-state index contributed by atoms with van der Waals surface area (Å²) < 4.78 is -0.961. The van der Waals surface area contributed by atoms with Gasteiger partial charge in [0.05, 0.1) is 17.3 Å². The fourth-order valence-corrected chi connectivity index (χ4v) is 1.94. The second-order valence-electron chi connectivity index (χ2n) is 3.71. The zero-order chi connectivity index (χ0) is 12.5. The summed E-state index contributed by atoms with van der Waals surface area (Å²) >= 11 is 11.6. The van der Waals surface area contributed by atoms with Crippen LogP contribution in [0.5, 0.6) is 0 Å². The average molecular weight is 271 g/mol. The van der Waals surface area contributed by atoms with Gasteiger partial charge in [-0.2, -0.15) is 0 Å². The fraction of sp³-hybridized carbons (Fsp3) is 0.300. The van der Waals surface area contributed by atoms with Crippen molar-refractivity contribution in [2.75, 3.05) is 5.32 Å². The van der Waals surface area contributed by atoms with E-state index >= 15 is 0 Å². The molecule has 88 valence electrons. The lowest BCUT2D eigenvalue weighted by molar-refractivity contribution is -0.117. The summed E-state index contributed by atoms with van der Waals surface area (Å²) in [6.07, 6.45) is 0.436. The molecular weight excluding hydrogens is 263 g/mol. The number of para-hydroxylation sites is 1. The van der Waals surface area contributed by atoms with Gasteiger partial charge in [-0.05, 0) is 18.0 Å². The maximum Gasteiger partial charge on any atom is 0.230 e. The normalized spacial score (nSPS) is 20.2. The molecule has 17 heavy (non-hydrogen) atoms. The van der Waals surface area contributed by atoms with Crippen LogP contribution >= 0.6 is 23.2 Å². The standard InChI is InChI=1S/C10H8Cl2N4O/c11-10(12)5-6(10)9(17)14-7-3-1-2-4-8(7)15-16-13/h1-4,6H,5H2,(H,14,17). The first-order valence-electron chi connectivity index (χ1n) is 4.87. The molecule has 2 rings (SSSR count). The summed E-state index contributed by atoms with van der Waals surface area (Å²) in [7, 11) is 0. The minimum Gasteiger partial charge on any atom is -0.325 e. The lowest BCUT2D eigenvalue weighted by Gasteiger charge is -2.07. The maximum absolute atomic E-state index is 11.7. The van der Waals surface area contributed by atoms with Gasteiger partial charge in [-0.1, -0.05) is 23.3 Å². The summed E-state index contributed by atoms with van der Waals surface area (Å²) in [5.41, 5.74) is 9.20. The van der Waals surface area contributed by atoms with E-state index in [0.29, 0.717) is 17.8 Å². The number of carbonyl (C=O) groups excluding carboxylic acids is 1. The molecule has 1 N–H and O–H groups in total. The quantitative estimate of drug-likeness (QED) is 0.386. The molecule has 0 aliphatic heterocycles. The first kappa shape index (κ1) is 12.0. The lowest BCUT2D eigenvalue weighted by Crippen LogP contribution is -2.16. The topological polar surface area (TPSA) is 77.9 Å². The highest BCUT2D eigenvalue weighted by atomic mass is 35.5. The zero-order valence-corrected chi connectivity index (χ0v) is 10.1. The molecule has 0 bridgehead atoms. The van der Waals surface area contributed by atoms with E-state index in [2.05, 4.69) is 15.3 Å². The van der Waals surface area contributed by atoms with Crippen molar-refractivity contribution in [3.63, 3.8) is 0 Å². The fourth-order valence-electron chi connectivity index (χ4n) is 1.43. The van der Waals surface area contributed by atoms with Crippen LogP contribution in [0, 0.1) is 5.92 Å². The monoisotopic (exact) mass is 270 g/mol. The van der Waals surface area contributed by atoms with Crippen molar-refractivity contribution in [1.29, 1.82) is 0 Å². The van der Waals surface area contributed by atoms with E-state index in [1.807, 2.05) is 0 Å². The number of benzene rings is 1. The Morgan fingerprint density at radius 3 is 2.76 bits per heavy atom. The molecule has 1 unspecified atom stereocenters. The molecule has 0 heterocycles. The summed E-state index contributed by atoms with van der Waals surface area (Å²) in [6, 6.07) is 6.70. The van der Waals surface area contributed by atoms with Crippen LogP contribution in [-0.2, 0) is 4.79 Å². The Hall–Kier alpha value is -1.42. The van der Waals surface area contributed by atoms with Crippen molar-refractivity contribution in [3.05, 3.63) is 34.7 Å². The third kappa shape index (κ3) is 2.64. The van der Waals surface area contributed by atoms with Crippen LogP contribution < -0.4 is 5.32 Å². The van der Waals surface area contributed by atoms with E-state index in [0.717, 1.165) is 0 Å². The van der Waals surface area contributed by atoms with Crippen LogP contribution in [-0.4, -0.2) is 10.2 Å². The van der Waals surface area contributed by atoms with Gasteiger partial charge in [-0.15, -0.1) is 23.2 Å². The van der Waals surface area contributed by atoms with Gasteiger partial charge in [0.25, 0.3) is 0 Å². The Bertz CT molecular complexity index is 511. The van der Waals surface area contributed by atoms with Gasteiger partial charge < -0.3 is 5.32 Å². The predicted molar refractivity (Wildman–Crippen MR) is 66.4 cm³/mol. The van der Waals surface area contributed by atoms with Crippen LogP contribution in [0.25, 0.3) is 10.4 Å². The van der Waals surface area contributed by atoms with Crippen molar-refractivity contribution in [3.8, 4) is 0 Å². The molecule has 1 amide bonds. The molecule has 1 aromatic carbocycles. The van der Waals surface area contributed by atoms with Crippen molar-refractivity contribution in [1.82, 2.24) is 0 Å². The first-order valence-corrected chi connectivity index (χ1v) is 5.63. The van der Waals surface area contributed by atoms with E-state index in [1.165, 1.54) is 0 Å².